The Morgan fingerprint density at radius 3 is 2.50 bits per heavy atom. The third-order valence-corrected chi connectivity index (χ3v) is 3.83. The quantitative estimate of drug-likeness (QED) is 0.761. The van der Waals surface area contributed by atoms with Crippen LogP contribution in [0, 0.1) is 11.3 Å². The van der Waals surface area contributed by atoms with E-state index in [0.717, 1.165) is 12.8 Å². The second-order valence-electron chi connectivity index (χ2n) is 5.55. The zero-order chi connectivity index (χ0) is 17.4. The Balaban J connectivity index is 1.75. The maximum absolute atomic E-state index is 11.8. The fourth-order valence-electron chi connectivity index (χ4n) is 2.61. The van der Waals surface area contributed by atoms with Gasteiger partial charge >= 0.3 is 5.97 Å². The van der Waals surface area contributed by atoms with Crippen LogP contribution < -0.4 is 14.8 Å². The van der Waals surface area contributed by atoms with E-state index in [9.17, 15) is 14.9 Å². The first-order valence-corrected chi connectivity index (χ1v) is 7.72. The Morgan fingerprint density at radius 2 is 1.88 bits per heavy atom. The van der Waals surface area contributed by atoms with Crippen LogP contribution in [0.5, 0.6) is 11.5 Å². The normalized spacial score (nSPS) is 15.2. The van der Waals surface area contributed by atoms with E-state index in [1.165, 1.54) is 7.11 Å². The van der Waals surface area contributed by atoms with Gasteiger partial charge in [0, 0.05) is 0 Å². The lowest BCUT2D eigenvalue weighted by atomic mass is 10.00. The lowest BCUT2D eigenvalue weighted by Crippen LogP contribution is -2.46. The van der Waals surface area contributed by atoms with Crippen LogP contribution in [0.3, 0.4) is 0 Å². The van der Waals surface area contributed by atoms with Gasteiger partial charge in [0.1, 0.15) is 5.54 Å². The van der Waals surface area contributed by atoms with Crippen LogP contribution in [0.1, 0.15) is 25.7 Å². The number of hydrogen-bond donors (Lipinski definition) is 1. The van der Waals surface area contributed by atoms with E-state index in [-0.39, 0.29) is 6.61 Å². The topological polar surface area (TPSA) is 97.7 Å². The van der Waals surface area contributed by atoms with Crippen molar-refractivity contribution >= 4 is 11.9 Å². The average molecular weight is 332 g/mol. The van der Waals surface area contributed by atoms with Crippen molar-refractivity contribution in [1.29, 1.82) is 5.26 Å². The van der Waals surface area contributed by atoms with Crippen molar-refractivity contribution in [1.82, 2.24) is 5.32 Å². The minimum Gasteiger partial charge on any atom is -0.493 e. The van der Waals surface area contributed by atoms with E-state index in [1.54, 1.807) is 24.3 Å². The Labute approximate surface area is 140 Å². The first-order chi connectivity index (χ1) is 11.6. The highest BCUT2D eigenvalue weighted by Crippen LogP contribution is 2.28. The number of rotatable bonds is 7. The molecule has 0 bridgehead atoms. The van der Waals surface area contributed by atoms with Gasteiger partial charge in [-0.3, -0.25) is 4.79 Å². The smallest absolute Gasteiger partial charge is 0.344 e. The fraction of sp³-hybridized carbons (Fsp3) is 0.471. The molecule has 7 heteroatoms. The number of benzene rings is 1. The Hall–Kier alpha value is -2.75. The van der Waals surface area contributed by atoms with Gasteiger partial charge in [0.25, 0.3) is 5.91 Å². The van der Waals surface area contributed by atoms with Crippen LogP contribution in [0.2, 0.25) is 0 Å². The Morgan fingerprint density at radius 1 is 1.21 bits per heavy atom. The number of amides is 1. The number of para-hydroxylation sites is 2. The first-order valence-electron chi connectivity index (χ1n) is 7.72. The second kappa shape index (κ2) is 8.20. The number of carbonyl (C=O) groups is 2. The molecular weight excluding hydrogens is 312 g/mol. The number of esters is 1. The number of nitrogens with one attached hydrogen (secondary N) is 1. The second-order valence-corrected chi connectivity index (χ2v) is 5.55. The van der Waals surface area contributed by atoms with Gasteiger partial charge in [-0.05, 0) is 37.8 Å². The van der Waals surface area contributed by atoms with Gasteiger partial charge in [-0.25, -0.2) is 4.79 Å². The maximum Gasteiger partial charge on any atom is 0.344 e. The van der Waals surface area contributed by atoms with Crippen molar-refractivity contribution in [3.8, 4) is 17.6 Å². The lowest BCUT2D eigenvalue weighted by Gasteiger charge is -2.21. The molecule has 128 valence electrons. The molecule has 0 unspecified atom stereocenters. The maximum atomic E-state index is 11.8. The third kappa shape index (κ3) is 4.62. The predicted octanol–water partition coefficient (Wildman–Crippen LogP) is 1.57. The van der Waals surface area contributed by atoms with Crippen molar-refractivity contribution < 1.29 is 23.8 Å². The number of hydrogen-bond acceptors (Lipinski definition) is 6. The molecule has 0 atom stereocenters. The Bertz CT molecular complexity index is 632. The third-order valence-electron chi connectivity index (χ3n) is 3.83. The summed E-state index contributed by atoms with van der Waals surface area (Å²) in [5.74, 6) is -0.242. The lowest BCUT2D eigenvalue weighted by molar-refractivity contribution is -0.150. The molecule has 24 heavy (non-hydrogen) atoms. The molecule has 0 saturated heterocycles. The summed E-state index contributed by atoms with van der Waals surface area (Å²) < 4.78 is 15.3. The minimum atomic E-state index is -0.822. The molecular formula is C17H20N2O5. The molecule has 2 rings (SSSR count). The predicted molar refractivity (Wildman–Crippen MR) is 84.4 cm³/mol. The molecule has 0 heterocycles. The Kier molecular flexibility index (Phi) is 6.01. The monoisotopic (exact) mass is 332 g/mol. The minimum absolute atomic E-state index is 0.336. The number of methoxy groups -OCH3 is 1. The molecule has 1 amide bonds. The molecule has 1 aliphatic rings. The molecule has 7 nitrogen and oxygen atoms in total. The highest BCUT2D eigenvalue weighted by atomic mass is 16.6. The molecule has 1 fully saturated rings. The van der Waals surface area contributed by atoms with Gasteiger partial charge < -0.3 is 19.5 Å². The highest BCUT2D eigenvalue weighted by Gasteiger charge is 2.35. The zero-order valence-electron chi connectivity index (χ0n) is 13.5. The van der Waals surface area contributed by atoms with Crippen molar-refractivity contribution in [2.45, 2.75) is 31.2 Å². The van der Waals surface area contributed by atoms with Crippen LogP contribution in [-0.2, 0) is 14.3 Å². The summed E-state index contributed by atoms with van der Waals surface area (Å²) in [7, 11) is 1.50. The van der Waals surface area contributed by atoms with Crippen molar-refractivity contribution in [2.75, 3.05) is 20.3 Å². The summed E-state index contributed by atoms with van der Waals surface area (Å²) in [5.41, 5.74) is -0.822. The molecule has 1 saturated carbocycles. The van der Waals surface area contributed by atoms with Gasteiger partial charge in [-0.15, -0.1) is 0 Å². The number of nitrogens with zero attached hydrogens (tertiary/aromatic N) is 1. The van der Waals surface area contributed by atoms with E-state index < -0.39 is 24.0 Å². The van der Waals surface area contributed by atoms with Crippen LogP contribution in [-0.4, -0.2) is 37.7 Å². The van der Waals surface area contributed by atoms with Crippen molar-refractivity contribution in [3.63, 3.8) is 0 Å². The van der Waals surface area contributed by atoms with Crippen LogP contribution in [0.15, 0.2) is 24.3 Å². The summed E-state index contributed by atoms with van der Waals surface area (Å²) in [5, 5.41) is 11.8. The summed E-state index contributed by atoms with van der Waals surface area (Å²) in [6, 6.07) is 9.04. The summed E-state index contributed by atoms with van der Waals surface area (Å²) in [4.78, 5) is 23.5. The van der Waals surface area contributed by atoms with Gasteiger partial charge in [-0.2, -0.15) is 5.26 Å². The molecule has 1 aromatic carbocycles. The molecule has 0 radical (unpaired) electrons. The molecule has 0 spiro atoms. The van der Waals surface area contributed by atoms with E-state index in [1.807, 2.05) is 0 Å². The highest BCUT2D eigenvalue weighted by molar-refractivity contribution is 5.81. The fourth-order valence-corrected chi connectivity index (χ4v) is 2.61. The summed E-state index contributed by atoms with van der Waals surface area (Å²) in [6.45, 7) is -0.769. The first kappa shape index (κ1) is 17.6. The summed E-state index contributed by atoms with van der Waals surface area (Å²) >= 11 is 0. The zero-order valence-corrected chi connectivity index (χ0v) is 13.5. The summed E-state index contributed by atoms with van der Waals surface area (Å²) in [6.07, 6.45) is 3.06. The van der Waals surface area contributed by atoms with E-state index >= 15 is 0 Å². The molecule has 1 aliphatic carbocycles. The van der Waals surface area contributed by atoms with E-state index in [0.29, 0.717) is 24.3 Å². The van der Waals surface area contributed by atoms with Crippen molar-refractivity contribution in [3.05, 3.63) is 24.3 Å². The average Bonchev–Trinajstić information content (AvgIpc) is 3.07. The molecule has 1 N–H and O–H groups in total. The SMILES string of the molecule is COc1ccccc1OCC(=O)OCC(=O)NC1(C#N)CCCC1. The number of nitriles is 1. The van der Waals surface area contributed by atoms with Gasteiger partial charge in [0.15, 0.2) is 24.7 Å². The largest absolute Gasteiger partial charge is 0.493 e. The number of carbonyl (C=O) groups excluding carboxylic acids is 2. The van der Waals surface area contributed by atoms with Crippen LogP contribution in [0.25, 0.3) is 0 Å². The molecule has 1 aromatic rings. The van der Waals surface area contributed by atoms with Gasteiger partial charge in [0.2, 0.25) is 0 Å². The van der Waals surface area contributed by atoms with Crippen LogP contribution >= 0.6 is 0 Å². The van der Waals surface area contributed by atoms with Crippen molar-refractivity contribution in [2.24, 2.45) is 0 Å². The number of ether oxygens (including phenoxy) is 3. The van der Waals surface area contributed by atoms with E-state index in [4.69, 9.17) is 14.2 Å². The molecule has 0 aromatic heterocycles. The standard InChI is InChI=1S/C17H20N2O5/c1-22-13-6-2-3-7-14(13)23-11-16(21)24-10-15(20)19-17(12-18)8-4-5-9-17/h2-3,6-7H,4-5,8-11H2,1H3,(H,19,20). The van der Waals surface area contributed by atoms with Gasteiger partial charge in [-0.1, -0.05) is 12.1 Å². The van der Waals surface area contributed by atoms with Crippen LogP contribution in [0.4, 0.5) is 0 Å². The van der Waals surface area contributed by atoms with E-state index in [2.05, 4.69) is 11.4 Å². The van der Waals surface area contributed by atoms with Gasteiger partial charge in [0.05, 0.1) is 13.2 Å². The molecule has 0 aliphatic heterocycles.